The Morgan fingerprint density at radius 3 is 2.56 bits per heavy atom. The van der Waals surface area contributed by atoms with Crippen molar-refractivity contribution < 1.29 is 0 Å². The molecule has 0 aliphatic carbocycles. The van der Waals surface area contributed by atoms with Crippen molar-refractivity contribution in [1.82, 2.24) is 0 Å². The molecule has 1 aliphatic heterocycles. The van der Waals surface area contributed by atoms with Gasteiger partial charge < -0.3 is 10.6 Å². The van der Waals surface area contributed by atoms with E-state index in [2.05, 4.69) is 12.1 Å². The van der Waals surface area contributed by atoms with Gasteiger partial charge in [-0.3, -0.25) is 0 Å². The maximum atomic E-state index is 6.23. The van der Waals surface area contributed by atoms with Crippen LogP contribution in [0.15, 0.2) is 54.4 Å². The number of hydrogen-bond acceptors (Lipinski definition) is 2. The van der Waals surface area contributed by atoms with E-state index in [9.17, 15) is 0 Å². The Hall–Kier alpha value is -1.93. The van der Waals surface area contributed by atoms with E-state index in [1.54, 1.807) is 0 Å². The molecule has 2 aromatic rings. The number of halogens is 1. The van der Waals surface area contributed by atoms with Gasteiger partial charge in [0.2, 0.25) is 0 Å². The summed E-state index contributed by atoms with van der Waals surface area (Å²) < 4.78 is 0. The summed E-state index contributed by atoms with van der Waals surface area (Å²) in [5.41, 5.74) is 9.50. The van der Waals surface area contributed by atoms with Gasteiger partial charge in [-0.2, -0.15) is 0 Å². The fourth-order valence-corrected chi connectivity index (χ4v) is 2.45. The highest BCUT2D eigenvalue weighted by Gasteiger charge is 2.18. The molecule has 0 radical (unpaired) electrons. The Bertz CT molecular complexity index is 619. The summed E-state index contributed by atoms with van der Waals surface area (Å²) in [6, 6.07) is 16.0. The number of para-hydroxylation sites is 1. The lowest BCUT2D eigenvalue weighted by Crippen LogP contribution is -2.30. The molecule has 2 nitrogen and oxygen atoms in total. The van der Waals surface area contributed by atoms with Crippen LogP contribution in [0.1, 0.15) is 11.1 Å². The Morgan fingerprint density at radius 1 is 1.00 bits per heavy atom. The summed E-state index contributed by atoms with van der Waals surface area (Å²) in [5, 5.41) is 0.716. The Balaban J connectivity index is 2.05. The molecule has 0 saturated carbocycles. The molecule has 2 aromatic carbocycles. The number of rotatable bonds is 1. The SMILES string of the molecule is NC1=Cc2ccccc2CN1c1ccccc1Cl. The molecule has 0 saturated heterocycles. The third kappa shape index (κ3) is 1.85. The van der Waals surface area contributed by atoms with Gasteiger partial charge in [0.25, 0.3) is 0 Å². The van der Waals surface area contributed by atoms with Crippen molar-refractivity contribution >= 4 is 23.4 Å². The number of anilines is 1. The lowest BCUT2D eigenvalue weighted by molar-refractivity contribution is 0.888. The summed E-state index contributed by atoms with van der Waals surface area (Å²) in [7, 11) is 0. The molecule has 3 rings (SSSR count). The predicted molar refractivity (Wildman–Crippen MR) is 76.2 cm³/mol. The van der Waals surface area contributed by atoms with Crippen LogP contribution in [0.25, 0.3) is 6.08 Å². The van der Waals surface area contributed by atoms with E-state index in [-0.39, 0.29) is 0 Å². The van der Waals surface area contributed by atoms with Crippen LogP contribution in [-0.2, 0) is 6.54 Å². The standard InChI is InChI=1S/C15H13ClN2/c16-13-7-3-4-8-14(13)18-10-12-6-2-1-5-11(12)9-15(18)17/h1-9H,10,17H2. The Morgan fingerprint density at radius 2 is 1.72 bits per heavy atom. The first kappa shape index (κ1) is 11.2. The van der Waals surface area contributed by atoms with Gasteiger partial charge in [0, 0.05) is 0 Å². The van der Waals surface area contributed by atoms with Crippen LogP contribution in [0.2, 0.25) is 5.02 Å². The van der Waals surface area contributed by atoms with Crippen LogP contribution in [0.5, 0.6) is 0 Å². The molecule has 0 fully saturated rings. The minimum atomic E-state index is 0.716. The van der Waals surface area contributed by atoms with Gasteiger partial charge in [-0.1, -0.05) is 48.0 Å². The van der Waals surface area contributed by atoms with Gasteiger partial charge >= 0.3 is 0 Å². The van der Waals surface area contributed by atoms with E-state index in [0.717, 1.165) is 18.1 Å². The van der Waals surface area contributed by atoms with Crippen LogP contribution in [0, 0.1) is 0 Å². The highest BCUT2D eigenvalue weighted by Crippen LogP contribution is 2.32. The number of nitrogens with two attached hydrogens (primary N) is 1. The van der Waals surface area contributed by atoms with E-state index in [1.165, 1.54) is 11.1 Å². The topological polar surface area (TPSA) is 29.3 Å². The normalized spacial score (nSPS) is 14.1. The van der Waals surface area contributed by atoms with Crippen molar-refractivity contribution in [2.24, 2.45) is 5.73 Å². The monoisotopic (exact) mass is 256 g/mol. The van der Waals surface area contributed by atoms with E-state index in [4.69, 9.17) is 17.3 Å². The molecule has 0 bridgehead atoms. The third-order valence-electron chi connectivity index (χ3n) is 3.14. The zero-order chi connectivity index (χ0) is 12.5. The lowest BCUT2D eigenvalue weighted by atomic mass is 10.0. The van der Waals surface area contributed by atoms with Gasteiger partial charge in [-0.05, 0) is 29.3 Å². The van der Waals surface area contributed by atoms with Crippen LogP contribution in [0.3, 0.4) is 0 Å². The molecular weight excluding hydrogens is 244 g/mol. The number of hydrogen-bond donors (Lipinski definition) is 1. The van der Waals surface area contributed by atoms with E-state index in [0.29, 0.717) is 5.02 Å². The molecule has 2 N–H and O–H groups in total. The maximum absolute atomic E-state index is 6.23. The van der Waals surface area contributed by atoms with E-state index in [1.807, 2.05) is 47.4 Å². The smallest absolute Gasteiger partial charge is 0.104 e. The van der Waals surface area contributed by atoms with Gasteiger partial charge in [0.05, 0.1) is 17.3 Å². The van der Waals surface area contributed by atoms with Gasteiger partial charge in [0.15, 0.2) is 0 Å². The third-order valence-corrected chi connectivity index (χ3v) is 3.46. The average molecular weight is 257 g/mol. The fraction of sp³-hybridized carbons (Fsp3) is 0.0667. The summed E-state index contributed by atoms with van der Waals surface area (Å²) in [5.74, 6) is 0.724. The van der Waals surface area contributed by atoms with E-state index < -0.39 is 0 Å². The van der Waals surface area contributed by atoms with Gasteiger partial charge in [-0.25, -0.2) is 0 Å². The second-order valence-corrected chi connectivity index (χ2v) is 4.71. The molecule has 18 heavy (non-hydrogen) atoms. The molecule has 0 unspecified atom stereocenters. The molecule has 0 aromatic heterocycles. The highest BCUT2D eigenvalue weighted by atomic mass is 35.5. The first-order valence-electron chi connectivity index (χ1n) is 5.83. The van der Waals surface area contributed by atoms with Crippen molar-refractivity contribution in [2.45, 2.75) is 6.54 Å². The van der Waals surface area contributed by atoms with Crippen molar-refractivity contribution in [1.29, 1.82) is 0 Å². The fourth-order valence-electron chi connectivity index (χ4n) is 2.21. The summed E-state index contributed by atoms with van der Waals surface area (Å²) >= 11 is 6.23. The second-order valence-electron chi connectivity index (χ2n) is 4.31. The molecule has 0 amide bonds. The molecular formula is C15H13ClN2. The average Bonchev–Trinajstić information content (AvgIpc) is 2.39. The molecule has 0 spiro atoms. The zero-order valence-electron chi connectivity index (χ0n) is 9.81. The Labute approximate surface area is 111 Å². The van der Waals surface area contributed by atoms with Crippen LogP contribution in [-0.4, -0.2) is 0 Å². The van der Waals surface area contributed by atoms with Crippen molar-refractivity contribution in [3.63, 3.8) is 0 Å². The van der Waals surface area contributed by atoms with Crippen molar-refractivity contribution in [3.05, 3.63) is 70.5 Å². The summed E-state index contributed by atoms with van der Waals surface area (Å²) in [4.78, 5) is 2.03. The van der Waals surface area contributed by atoms with Crippen molar-refractivity contribution in [2.75, 3.05) is 4.90 Å². The quantitative estimate of drug-likeness (QED) is 0.844. The number of nitrogens with zero attached hydrogens (tertiary/aromatic N) is 1. The zero-order valence-corrected chi connectivity index (χ0v) is 10.6. The number of fused-ring (bicyclic) bond motifs is 1. The lowest BCUT2D eigenvalue weighted by Gasteiger charge is -2.30. The molecule has 1 aliphatic rings. The molecule has 3 heteroatoms. The van der Waals surface area contributed by atoms with Crippen LogP contribution in [0.4, 0.5) is 5.69 Å². The maximum Gasteiger partial charge on any atom is 0.104 e. The molecule has 0 atom stereocenters. The largest absolute Gasteiger partial charge is 0.385 e. The first-order chi connectivity index (χ1) is 8.75. The number of benzene rings is 2. The second kappa shape index (κ2) is 4.39. The Kier molecular flexibility index (Phi) is 2.73. The van der Waals surface area contributed by atoms with Gasteiger partial charge in [-0.15, -0.1) is 0 Å². The molecule has 90 valence electrons. The van der Waals surface area contributed by atoms with E-state index >= 15 is 0 Å². The summed E-state index contributed by atoms with van der Waals surface area (Å²) in [6.45, 7) is 0.752. The van der Waals surface area contributed by atoms with Crippen LogP contribution < -0.4 is 10.6 Å². The minimum Gasteiger partial charge on any atom is -0.385 e. The highest BCUT2D eigenvalue weighted by molar-refractivity contribution is 6.33. The first-order valence-corrected chi connectivity index (χ1v) is 6.20. The van der Waals surface area contributed by atoms with Gasteiger partial charge in [0.1, 0.15) is 5.82 Å². The minimum absolute atomic E-state index is 0.716. The summed E-state index contributed by atoms with van der Waals surface area (Å²) in [6.07, 6.45) is 1.99. The molecule has 1 heterocycles. The van der Waals surface area contributed by atoms with Crippen molar-refractivity contribution in [3.8, 4) is 0 Å². The predicted octanol–water partition coefficient (Wildman–Crippen LogP) is 3.62. The van der Waals surface area contributed by atoms with Crippen LogP contribution >= 0.6 is 11.6 Å².